The Balaban J connectivity index is 1.83. The van der Waals surface area contributed by atoms with Crippen molar-refractivity contribution in [1.29, 1.82) is 0 Å². The van der Waals surface area contributed by atoms with Crippen LogP contribution in [0.25, 0.3) is 0 Å². The van der Waals surface area contributed by atoms with Crippen molar-refractivity contribution >= 4 is 11.6 Å². The van der Waals surface area contributed by atoms with Crippen molar-refractivity contribution in [2.24, 2.45) is 0 Å². The van der Waals surface area contributed by atoms with Gasteiger partial charge in [-0.3, -0.25) is 9.88 Å². The van der Waals surface area contributed by atoms with Crippen molar-refractivity contribution in [3.05, 3.63) is 51.8 Å². The van der Waals surface area contributed by atoms with Crippen LogP contribution < -0.4 is 9.47 Å². The highest BCUT2D eigenvalue weighted by Crippen LogP contribution is 2.28. The first-order valence-electron chi connectivity index (χ1n) is 7.71. The summed E-state index contributed by atoms with van der Waals surface area (Å²) in [6.45, 7) is 7.15. The predicted molar refractivity (Wildman–Crippen MR) is 91.3 cm³/mol. The zero-order valence-corrected chi connectivity index (χ0v) is 14.5. The van der Waals surface area contributed by atoms with Gasteiger partial charge in [-0.1, -0.05) is 11.6 Å². The van der Waals surface area contributed by atoms with E-state index in [1.54, 1.807) is 7.11 Å². The highest BCUT2D eigenvalue weighted by atomic mass is 35.5. The summed E-state index contributed by atoms with van der Waals surface area (Å²) >= 11 is 6.12. The average Bonchev–Trinajstić information content (AvgIpc) is 2.72. The van der Waals surface area contributed by atoms with E-state index in [1.807, 2.05) is 31.3 Å². The van der Waals surface area contributed by atoms with Gasteiger partial charge in [0.2, 0.25) is 0 Å². The Hall–Kier alpha value is -1.78. The first kappa shape index (κ1) is 16.1. The third-order valence-corrected chi connectivity index (χ3v) is 4.44. The molecule has 0 amide bonds. The molecule has 0 bridgehead atoms. The molecule has 0 saturated heterocycles. The van der Waals surface area contributed by atoms with Crippen LogP contribution in [0.15, 0.2) is 24.4 Å². The quantitative estimate of drug-likeness (QED) is 0.857. The molecule has 1 aromatic heterocycles. The largest absolute Gasteiger partial charge is 0.496 e. The van der Waals surface area contributed by atoms with Crippen LogP contribution in [0, 0.1) is 13.8 Å². The summed E-state index contributed by atoms with van der Waals surface area (Å²) in [5.41, 5.74) is 4.32. The van der Waals surface area contributed by atoms with E-state index in [1.165, 1.54) is 0 Å². The molecule has 0 fully saturated rings. The van der Waals surface area contributed by atoms with Crippen LogP contribution in [0.2, 0.25) is 5.02 Å². The molecule has 122 valence electrons. The van der Waals surface area contributed by atoms with Gasteiger partial charge in [-0.15, -0.1) is 0 Å². The van der Waals surface area contributed by atoms with Crippen LogP contribution >= 0.6 is 11.6 Å². The van der Waals surface area contributed by atoms with E-state index in [0.717, 1.165) is 58.5 Å². The molecule has 0 unspecified atom stereocenters. The molecule has 1 aromatic carbocycles. The van der Waals surface area contributed by atoms with Crippen molar-refractivity contribution in [2.75, 3.05) is 20.3 Å². The maximum atomic E-state index is 6.12. The Morgan fingerprint density at radius 2 is 2.17 bits per heavy atom. The minimum absolute atomic E-state index is 0.663. The molecule has 5 heteroatoms. The lowest BCUT2D eigenvalue weighted by atomic mass is 10.1. The number of aryl methyl sites for hydroxylation is 1. The summed E-state index contributed by atoms with van der Waals surface area (Å²) in [6, 6.07) is 5.79. The molecule has 0 saturated carbocycles. The molecule has 0 aliphatic carbocycles. The van der Waals surface area contributed by atoms with Crippen molar-refractivity contribution in [3.63, 3.8) is 0 Å². The molecule has 1 aliphatic rings. The number of fused-ring (bicyclic) bond motifs is 1. The zero-order chi connectivity index (χ0) is 16.4. The highest BCUT2D eigenvalue weighted by molar-refractivity contribution is 6.30. The van der Waals surface area contributed by atoms with Gasteiger partial charge in [-0.25, -0.2) is 0 Å². The lowest BCUT2D eigenvalue weighted by molar-refractivity contribution is 0.217. The van der Waals surface area contributed by atoms with Gasteiger partial charge < -0.3 is 9.47 Å². The SMILES string of the molecule is COc1c(C)cnc(CN2CCOc3ccc(Cl)cc3C2)c1C. The predicted octanol–water partition coefficient (Wildman–Crippen LogP) is 3.76. The lowest BCUT2D eigenvalue weighted by Gasteiger charge is -2.21. The molecule has 1 aliphatic heterocycles. The molecule has 0 spiro atoms. The van der Waals surface area contributed by atoms with Crippen LogP contribution in [-0.4, -0.2) is 30.1 Å². The molecule has 23 heavy (non-hydrogen) atoms. The molecule has 2 heterocycles. The third-order valence-electron chi connectivity index (χ3n) is 4.20. The molecule has 3 rings (SSSR count). The third kappa shape index (κ3) is 3.43. The van der Waals surface area contributed by atoms with E-state index >= 15 is 0 Å². The summed E-state index contributed by atoms with van der Waals surface area (Å²) in [4.78, 5) is 6.92. The number of benzene rings is 1. The number of hydrogen-bond donors (Lipinski definition) is 0. The summed E-state index contributed by atoms with van der Waals surface area (Å²) < 4.78 is 11.3. The van der Waals surface area contributed by atoms with Crippen LogP contribution in [0.3, 0.4) is 0 Å². The Kier molecular flexibility index (Phi) is 4.74. The number of hydrogen-bond acceptors (Lipinski definition) is 4. The number of aromatic nitrogens is 1. The van der Waals surface area contributed by atoms with Crippen molar-refractivity contribution in [2.45, 2.75) is 26.9 Å². The van der Waals surface area contributed by atoms with Crippen LogP contribution in [0.1, 0.15) is 22.4 Å². The standard InChI is InChI=1S/C18H21ClN2O2/c1-12-9-20-16(13(2)18(12)22-3)11-21-6-7-23-17-5-4-15(19)8-14(17)10-21/h4-5,8-9H,6-7,10-11H2,1-3H3. The molecule has 2 aromatic rings. The topological polar surface area (TPSA) is 34.6 Å². The van der Waals surface area contributed by atoms with Gasteiger partial charge in [0, 0.05) is 47.5 Å². The Morgan fingerprint density at radius 1 is 1.35 bits per heavy atom. The van der Waals surface area contributed by atoms with E-state index in [0.29, 0.717) is 6.61 Å². The number of pyridine rings is 1. The second-order valence-electron chi connectivity index (χ2n) is 5.86. The van der Waals surface area contributed by atoms with Gasteiger partial charge >= 0.3 is 0 Å². The van der Waals surface area contributed by atoms with Gasteiger partial charge in [0.1, 0.15) is 18.1 Å². The molecular formula is C18H21ClN2O2. The van der Waals surface area contributed by atoms with E-state index in [-0.39, 0.29) is 0 Å². The number of rotatable bonds is 3. The number of halogens is 1. The van der Waals surface area contributed by atoms with E-state index in [9.17, 15) is 0 Å². The van der Waals surface area contributed by atoms with Crippen molar-refractivity contribution in [3.8, 4) is 11.5 Å². The smallest absolute Gasteiger partial charge is 0.128 e. The Bertz CT molecular complexity index is 718. The summed E-state index contributed by atoms with van der Waals surface area (Å²) in [5.74, 6) is 1.84. The van der Waals surface area contributed by atoms with Crippen molar-refractivity contribution in [1.82, 2.24) is 9.88 Å². The molecular weight excluding hydrogens is 312 g/mol. The monoisotopic (exact) mass is 332 g/mol. The van der Waals surface area contributed by atoms with Gasteiger partial charge in [-0.05, 0) is 32.0 Å². The Morgan fingerprint density at radius 3 is 2.96 bits per heavy atom. The molecule has 0 N–H and O–H groups in total. The number of nitrogens with zero attached hydrogens (tertiary/aromatic N) is 2. The minimum Gasteiger partial charge on any atom is -0.496 e. The van der Waals surface area contributed by atoms with E-state index < -0.39 is 0 Å². The van der Waals surface area contributed by atoms with E-state index in [2.05, 4.69) is 16.8 Å². The average molecular weight is 333 g/mol. The number of ether oxygens (including phenoxy) is 2. The summed E-state index contributed by atoms with van der Waals surface area (Å²) in [6.07, 6.45) is 1.88. The maximum Gasteiger partial charge on any atom is 0.128 e. The van der Waals surface area contributed by atoms with Gasteiger partial charge in [0.25, 0.3) is 0 Å². The summed E-state index contributed by atoms with van der Waals surface area (Å²) in [5, 5.41) is 0.737. The Labute approximate surface area is 142 Å². The zero-order valence-electron chi connectivity index (χ0n) is 13.7. The first-order chi connectivity index (χ1) is 11.1. The fraction of sp³-hybridized carbons (Fsp3) is 0.389. The second kappa shape index (κ2) is 6.77. The van der Waals surface area contributed by atoms with Crippen LogP contribution in [0.5, 0.6) is 11.5 Å². The summed E-state index contributed by atoms with van der Waals surface area (Å²) in [7, 11) is 1.71. The van der Waals surface area contributed by atoms with E-state index in [4.69, 9.17) is 21.1 Å². The lowest BCUT2D eigenvalue weighted by Crippen LogP contribution is -2.26. The maximum absolute atomic E-state index is 6.12. The first-order valence-corrected chi connectivity index (χ1v) is 8.09. The second-order valence-corrected chi connectivity index (χ2v) is 6.29. The number of methoxy groups -OCH3 is 1. The fourth-order valence-corrected chi connectivity index (χ4v) is 3.19. The normalized spacial score (nSPS) is 14.8. The van der Waals surface area contributed by atoms with Gasteiger partial charge in [0.15, 0.2) is 0 Å². The van der Waals surface area contributed by atoms with Gasteiger partial charge in [-0.2, -0.15) is 0 Å². The molecule has 0 atom stereocenters. The van der Waals surface area contributed by atoms with Gasteiger partial charge in [0.05, 0.1) is 12.8 Å². The highest BCUT2D eigenvalue weighted by Gasteiger charge is 2.18. The van der Waals surface area contributed by atoms with Crippen molar-refractivity contribution < 1.29 is 9.47 Å². The molecule has 4 nitrogen and oxygen atoms in total. The molecule has 0 radical (unpaired) electrons. The fourth-order valence-electron chi connectivity index (χ4n) is 2.99. The van der Waals surface area contributed by atoms with Crippen LogP contribution in [0.4, 0.5) is 0 Å². The minimum atomic E-state index is 0.663. The van der Waals surface area contributed by atoms with Crippen LogP contribution in [-0.2, 0) is 13.1 Å².